The van der Waals surface area contributed by atoms with E-state index < -0.39 is 16.9 Å². The van der Waals surface area contributed by atoms with E-state index in [-0.39, 0.29) is 59.5 Å². The summed E-state index contributed by atoms with van der Waals surface area (Å²) >= 11 is 0. The summed E-state index contributed by atoms with van der Waals surface area (Å²) in [4.78, 5) is 55.2. The Hall–Kier alpha value is -5.24. The van der Waals surface area contributed by atoms with Crippen LogP contribution in [0.5, 0.6) is 0 Å². The topological polar surface area (TPSA) is 114 Å². The van der Waals surface area contributed by atoms with Gasteiger partial charge in [0.1, 0.15) is 13.2 Å². The zero-order chi connectivity index (χ0) is 42.0. The molecule has 8 nitrogen and oxygen atoms in total. The van der Waals surface area contributed by atoms with Gasteiger partial charge in [-0.05, 0) is 138 Å². The van der Waals surface area contributed by atoms with Crippen LogP contribution in [0.15, 0.2) is 84.9 Å². The summed E-state index contributed by atoms with van der Waals surface area (Å²) in [6.07, 6.45) is 8.24. The van der Waals surface area contributed by atoms with Crippen molar-refractivity contribution in [2.45, 2.75) is 116 Å². The lowest BCUT2D eigenvalue weighted by Crippen LogP contribution is -2.60. The van der Waals surface area contributed by atoms with Crippen LogP contribution in [0.3, 0.4) is 0 Å². The number of fused-ring (bicyclic) bond motifs is 9. The van der Waals surface area contributed by atoms with Crippen LogP contribution in [0.25, 0.3) is 11.1 Å². The molecule has 312 valence electrons. The van der Waals surface area contributed by atoms with Gasteiger partial charge in [0, 0.05) is 11.6 Å². The first-order valence-electron chi connectivity index (χ1n) is 22.2. The highest BCUT2D eigenvalue weighted by Crippen LogP contribution is 2.60. The van der Waals surface area contributed by atoms with Gasteiger partial charge >= 0.3 is 6.09 Å². The third kappa shape index (κ3) is 6.56. The van der Waals surface area contributed by atoms with E-state index >= 15 is 0 Å². The maximum absolute atomic E-state index is 14.6. The summed E-state index contributed by atoms with van der Waals surface area (Å²) in [5.41, 5.74) is 9.86. The molecule has 5 aliphatic carbocycles. The van der Waals surface area contributed by atoms with E-state index in [1.165, 1.54) is 22.3 Å². The second-order valence-corrected chi connectivity index (χ2v) is 19.6. The molecule has 6 atom stereocenters. The predicted octanol–water partition coefficient (Wildman–Crippen LogP) is 9.84. The molecule has 2 saturated carbocycles. The Morgan fingerprint density at radius 1 is 0.667 bits per heavy atom. The summed E-state index contributed by atoms with van der Waals surface area (Å²) in [5.74, 6) is -0.487. The smallest absolute Gasteiger partial charge is 0.407 e. The summed E-state index contributed by atoms with van der Waals surface area (Å²) < 4.78 is 5.65. The molecule has 9 rings (SSSR count). The monoisotopic (exact) mass is 805 g/mol. The Balaban J connectivity index is 0.848. The number of nitrogens with one attached hydrogen (secondary N) is 3. The fourth-order valence-electron chi connectivity index (χ4n) is 13.1. The maximum atomic E-state index is 14.6. The number of carbonyl (C=O) groups excluding carboxylic acids is 4. The number of alkyl carbamates (subject to hydrolysis) is 1. The minimum absolute atomic E-state index is 0.0224. The molecule has 8 heteroatoms. The predicted molar refractivity (Wildman–Crippen MR) is 235 cm³/mol. The average Bonchev–Trinajstić information content (AvgIpc) is 3.55. The van der Waals surface area contributed by atoms with Gasteiger partial charge in [-0.15, -0.1) is 0 Å². The van der Waals surface area contributed by atoms with Crippen molar-refractivity contribution in [2.24, 2.45) is 22.7 Å². The molecule has 0 heterocycles. The number of carbonyl (C=O) groups is 4. The highest BCUT2D eigenvalue weighted by Gasteiger charge is 2.58. The lowest BCUT2D eigenvalue weighted by Gasteiger charge is -2.56. The Morgan fingerprint density at radius 3 is 1.78 bits per heavy atom. The Bertz CT molecular complexity index is 2360. The second-order valence-electron chi connectivity index (χ2n) is 19.6. The number of hydrogen-bond acceptors (Lipinski definition) is 5. The van der Waals surface area contributed by atoms with E-state index in [4.69, 9.17) is 4.74 Å². The number of imide groups is 1. The van der Waals surface area contributed by atoms with Crippen molar-refractivity contribution >= 4 is 29.5 Å². The van der Waals surface area contributed by atoms with Crippen LogP contribution >= 0.6 is 0 Å². The molecule has 5 aliphatic rings. The van der Waals surface area contributed by atoms with Crippen LogP contribution in [-0.4, -0.2) is 37.0 Å². The molecular formula is C52H59N3O5. The number of ether oxygens (including phenoxy) is 1. The SMILES string of the molecule is Cc1ccc2c(c1)[C@@]1(C)CCC[C@](C)(C(=O)NC(=O)[C@@]3(C)CCC[C@]4(C)c5cc(NC(=O)CNC(=O)OCC6c7ccccc7-c7ccccc76)ccc5CC[C@@H]34)[C@@H]1CC2. The van der Waals surface area contributed by atoms with E-state index in [9.17, 15) is 19.2 Å². The van der Waals surface area contributed by atoms with Gasteiger partial charge in [-0.3, -0.25) is 19.7 Å². The highest BCUT2D eigenvalue weighted by atomic mass is 16.5. The minimum atomic E-state index is -0.725. The van der Waals surface area contributed by atoms with Crippen molar-refractivity contribution < 1.29 is 23.9 Å². The van der Waals surface area contributed by atoms with Crippen LogP contribution in [0.4, 0.5) is 10.5 Å². The van der Waals surface area contributed by atoms with Crippen LogP contribution in [0.2, 0.25) is 0 Å². The quantitative estimate of drug-likeness (QED) is 0.161. The third-order valence-corrected chi connectivity index (χ3v) is 16.2. The third-order valence-electron chi connectivity index (χ3n) is 16.2. The van der Waals surface area contributed by atoms with Gasteiger partial charge in [-0.25, -0.2) is 4.79 Å². The molecule has 4 amide bonds. The normalized spacial score (nSPS) is 28.7. The largest absolute Gasteiger partial charge is 0.449 e. The van der Waals surface area contributed by atoms with E-state index in [0.717, 1.165) is 92.0 Å². The number of amides is 4. The minimum Gasteiger partial charge on any atom is -0.449 e. The van der Waals surface area contributed by atoms with E-state index in [1.807, 2.05) is 30.3 Å². The molecule has 2 fully saturated rings. The highest BCUT2D eigenvalue weighted by molar-refractivity contribution is 6.01. The Morgan fingerprint density at radius 2 is 1.20 bits per heavy atom. The standard InChI is InChI=1S/C52H59N3O5/c1-32-16-17-33-19-22-43-49(2,41(33)28-32)24-10-26-51(43,4)46(57)55-47(58)52(5)27-11-25-50(3)42-29-35(21-18-34(42)20-23-44(50)52)54-45(56)30-53-48(59)60-31-40-38-14-8-6-12-36(38)37-13-7-9-15-39(37)40/h6-9,12-18,21,28-29,40,43-44H,10-11,19-20,22-27,30-31H2,1-5H3,(H,53,59)(H,54,56)(H,55,57,58)/t43-,44-,49-,50-,51+,52+/m1/s1. The van der Waals surface area contributed by atoms with Crippen LogP contribution in [0, 0.1) is 29.6 Å². The first kappa shape index (κ1) is 40.2. The first-order valence-corrected chi connectivity index (χ1v) is 22.2. The lowest BCUT2D eigenvalue weighted by atomic mass is 9.49. The molecule has 0 saturated heterocycles. The van der Waals surface area contributed by atoms with E-state index in [2.05, 4.69) is 105 Å². The van der Waals surface area contributed by atoms with Crippen molar-refractivity contribution in [3.63, 3.8) is 0 Å². The second kappa shape index (κ2) is 15.0. The van der Waals surface area contributed by atoms with Gasteiger partial charge in [-0.2, -0.15) is 0 Å². The molecule has 4 aromatic carbocycles. The molecule has 0 radical (unpaired) electrons. The van der Waals surface area contributed by atoms with Crippen molar-refractivity contribution in [2.75, 3.05) is 18.5 Å². The number of aryl methyl sites for hydroxylation is 3. The zero-order valence-corrected chi connectivity index (χ0v) is 35.8. The van der Waals surface area contributed by atoms with Gasteiger partial charge < -0.3 is 15.4 Å². The van der Waals surface area contributed by atoms with E-state index in [0.29, 0.717) is 5.69 Å². The van der Waals surface area contributed by atoms with Crippen molar-refractivity contribution in [3.8, 4) is 11.1 Å². The molecule has 0 aromatic heterocycles. The van der Waals surface area contributed by atoms with Crippen molar-refractivity contribution in [3.05, 3.63) is 124 Å². The fraction of sp³-hybridized carbons (Fsp3) is 0.462. The zero-order valence-electron chi connectivity index (χ0n) is 35.8. The Labute approximate surface area is 354 Å². The molecule has 0 spiro atoms. The van der Waals surface area contributed by atoms with Gasteiger partial charge in [0.05, 0.1) is 10.8 Å². The van der Waals surface area contributed by atoms with Crippen molar-refractivity contribution in [1.82, 2.24) is 10.6 Å². The van der Waals surface area contributed by atoms with Gasteiger partial charge in [-0.1, -0.05) is 119 Å². The van der Waals surface area contributed by atoms with E-state index in [1.54, 1.807) is 0 Å². The first-order chi connectivity index (χ1) is 28.7. The van der Waals surface area contributed by atoms with Gasteiger partial charge in [0.2, 0.25) is 17.7 Å². The summed E-state index contributed by atoms with van der Waals surface area (Å²) in [7, 11) is 0. The maximum Gasteiger partial charge on any atom is 0.407 e. The molecule has 60 heavy (non-hydrogen) atoms. The molecular weight excluding hydrogens is 747 g/mol. The molecule has 0 unspecified atom stereocenters. The van der Waals surface area contributed by atoms with Crippen molar-refractivity contribution in [1.29, 1.82) is 0 Å². The lowest BCUT2D eigenvalue weighted by molar-refractivity contribution is -0.150. The van der Waals surface area contributed by atoms with Crippen LogP contribution < -0.4 is 16.0 Å². The summed E-state index contributed by atoms with van der Waals surface area (Å²) in [6.45, 7) is 10.9. The van der Waals surface area contributed by atoms with Gasteiger partial charge in [0.25, 0.3) is 0 Å². The van der Waals surface area contributed by atoms with Crippen LogP contribution in [0.1, 0.15) is 124 Å². The summed E-state index contributed by atoms with van der Waals surface area (Å²) in [5, 5.41) is 8.70. The number of hydrogen-bond donors (Lipinski definition) is 3. The average molecular weight is 806 g/mol. The molecule has 4 aromatic rings. The number of anilines is 1. The Kier molecular flexibility index (Phi) is 10.1. The van der Waals surface area contributed by atoms with Gasteiger partial charge in [0.15, 0.2) is 0 Å². The molecule has 0 aliphatic heterocycles. The number of rotatable bonds is 7. The summed E-state index contributed by atoms with van der Waals surface area (Å²) in [6, 6.07) is 29.2. The molecule has 3 N–H and O–H groups in total. The molecule has 0 bridgehead atoms. The fourth-order valence-corrected chi connectivity index (χ4v) is 13.1. The number of benzene rings is 4. The van der Waals surface area contributed by atoms with Crippen LogP contribution in [-0.2, 0) is 42.8 Å².